The van der Waals surface area contributed by atoms with Crippen molar-refractivity contribution in [3.8, 4) is 0 Å². The molecule has 0 saturated carbocycles. The predicted molar refractivity (Wildman–Crippen MR) is 92.6 cm³/mol. The molecular formula is C12H18N2O2S4. The third-order valence-electron chi connectivity index (χ3n) is 2.64. The average molecular weight is 351 g/mol. The normalized spacial score (nSPS) is 21.8. The minimum atomic E-state index is 0.539. The summed E-state index contributed by atoms with van der Waals surface area (Å²) in [6, 6.07) is 0. The van der Waals surface area contributed by atoms with Gasteiger partial charge in [-0.05, 0) is 24.3 Å². The molecule has 1 fully saturated rings. The molecule has 0 amide bonds. The van der Waals surface area contributed by atoms with Gasteiger partial charge in [0, 0.05) is 22.0 Å². The van der Waals surface area contributed by atoms with Gasteiger partial charge in [-0.25, -0.2) is 9.59 Å². The summed E-state index contributed by atoms with van der Waals surface area (Å²) in [6.07, 6.45) is 5.49. The highest BCUT2D eigenvalue weighted by Crippen LogP contribution is 2.34. The molecule has 0 aromatic heterocycles. The Bertz CT molecular complexity index is 315. The van der Waals surface area contributed by atoms with Crippen LogP contribution in [0.4, 0.5) is 0 Å². The maximum atomic E-state index is 9.91. The number of hydrogen-bond donors (Lipinski definition) is 0. The first-order valence-electron chi connectivity index (χ1n) is 6.32. The van der Waals surface area contributed by atoms with Crippen LogP contribution in [0.25, 0.3) is 0 Å². The van der Waals surface area contributed by atoms with E-state index in [-0.39, 0.29) is 0 Å². The molecule has 0 N–H and O–H groups in total. The van der Waals surface area contributed by atoms with Crippen molar-refractivity contribution in [3.63, 3.8) is 0 Å². The molecule has 1 saturated heterocycles. The van der Waals surface area contributed by atoms with Crippen molar-refractivity contribution in [3.05, 3.63) is 0 Å². The highest BCUT2D eigenvalue weighted by Gasteiger charge is 2.21. The van der Waals surface area contributed by atoms with Gasteiger partial charge in [-0.1, -0.05) is 0 Å². The van der Waals surface area contributed by atoms with Gasteiger partial charge in [-0.3, -0.25) is 0 Å². The van der Waals surface area contributed by atoms with Crippen LogP contribution in [0.15, 0.2) is 9.98 Å². The van der Waals surface area contributed by atoms with Crippen LogP contribution in [0.3, 0.4) is 0 Å². The first-order valence-corrected chi connectivity index (χ1v) is 10.7. The lowest BCUT2D eigenvalue weighted by atomic mass is 10.3. The van der Waals surface area contributed by atoms with E-state index in [0.717, 1.165) is 22.0 Å². The monoisotopic (exact) mass is 350 g/mol. The number of carbonyl (C=O) groups excluding carboxylic acids is 2. The summed E-state index contributed by atoms with van der Waals surface area (Å²) >= 11 is 7.53. The van der Waals surface area contributed by atoms with Gasteiger partial charge in [-0.15, -0.1) is 23.5 Å². The van der Waals surface area contributed by atoms with E-state index in [1.54, 1.807) is 35.7 Å². The Morgan fingerprint density at radius 3 is 1.70 bits per heavy atom. The van der Waals surface area contributed by atoms with Crippen LogP contribution in [0, 0.1) is 0 Å². The van der Waals surface area contributed by atoms with E-state index < -0.39 is 0 Å². The van der Waals surface area contributed by atoms with Crippen molar-refractivity contribution < 1.29 is 9.59 Å². The Morgan fingerprint density at radius 1 is 0.900 bits per heavy atom. The van der Waals surface area contributed by atoms with Crippen LogP contribution in [0.5, 0.6) is 0 Å². The molecule has 1 rings (SSSR count). The minimum absolute atomic E-state index is 0.539. The van der Waals surface area contributed by atoms with Crippen LogP contribution < -0.4 is 0 Å². The molecule has 0 spiro atoms. The van der Waals surface area contributed by atoms with Crippen molar-refractivity contribution in [2.45, 2.75) is 23.3 Å². The quantitative estimate of drug-likeness (QED) is 0.343. The molecule has 8 heteroatoms. The molecule has 0 bridgehead atoms. The number of nitrogens with zero attached hydrogens (tertiary/aromatic N) is 2. The molecule has 2 unspecified atom stereocenters. The number of hydrogen-bond acceptors (Lipinski definition) is 8. The van der Waals surface area contributed by atoms with Gasteiger partial charge in [0.25, 0.3) is 0 Å². The zero-order valence-electron chi connectivity index (χ0n) is 11.2. The molecule has 0 aliphatic carbocycles. The maximum Gasteiger partial charge on any atom is 0.235 e. The lowest BCUT2D eigenvalue weighted by molar-refractivity contribution is 0.563. The second-order valence-electron chi connectivity index (χ2n) is 4.06. The topological polar surface area (TPSA) is 58.9 Å². The van der Waals surface area contributed by atoms with Crippen molar-refractivity contribution in [1.82, 2.24) is 0 Å². The van der Waals surface area contributed by atoms with Gasteiger partial charge in [0.1, 0.15) is 0 Å². The lowest BCUT2D eigenvalue weighted by Gasteiger charge is -2.27. The number of aliphatic imine (C=N–C) groups is 2. The van der Waals surface area contributed by atoms with Crippen LogP contribution in [0.1, 0.15) is 12.8 Å². The first-order chi connectivity index (χ1) is 9.86. The highest BCUT2D eigenvalue weighted by atomic mass is 32.2. The van der Waals surface area contributed by atoms with E-state index in [0.29, 0.717) is 11.8 Å². The van der Waals surface area contributed by atoms with Crippen molar-refractivity contribution >= 4 is 59.2 Å². The molecule has 0 aromatic rings. The number of isocyanates is 2. The van der Waals surface area contributed by atoms with Gasteiger partial charge in [0.15, 0.2) is 0 Å². The zero-order chi connectivity index (χ0) is 14.5. The fourth-order valence-corrected chi connectivity index (χ4v) is 6.48. The minimum Gasteiger partial charge on any atom is -0.211 e. The molecule has 1 aliphatic rings. The van der Waals surface area contributed by atoms with Crippen LogP contribution >= 0.6 is 47.0 Å². The standard InChI is InChI=1S/C12H18N2O2S4/c15-7-13-9-17-3-1-11-5-20-12(6-19-11)2-4-18-10-14-8-16/h11-12H,1-6,9-10H2. The largest absolute Gasteiger partial charge is 0.235 e. The average Bonchev–Trinajstić information content (AvgIpc) is 2.48. The van der Waals surface area contributed by atoms with Gasteiger partial charge in [-0.2, -0.15) is 33.5 Å². The van der Waals surface area contributed by atoms with E-state index in [1.807, 2.05) is 0 Å². The maximum absolute atomic E-state index is 9.91. The smallest absolute Gasteiger partial charge is 0.211 e. The second-order valence-corrected chi connectivity index (χ2v) is 8.88. The Kier molecular flexibility index (Phi) is 11.7. The molecule has 0 aromatic carbocycles. The Balaban J connectivity index is 1.99. The predicted octanol–water partition coefficient (Wildman–Crippen LogP) is 3.04. The lowest BCUT2D eigenvalue weighted by Crippen LogP contribution is -2.22. The van der Waals surface area contributed by atoms with Crippen molar-refractivity contribution in [1.29, 1.82) is 0 Å². The summed E-state index contributed by atoms with van der Waals surface area (Å²) in [6.45, 7) is 0. The Morgan fingerprint density at radius 2 is 1.35 bits per heavy atom. The third-order valence-corrected chi connectivity index (χ3v) is 7.68. The summed E-state index contributed by atoms with van der Waals surface area (Å²) in [5, 5.41) is 1.47. The second kappa shape index (κ2) is 12.9. The number of rotatable bonds is 10. The van der Waals surface area contributed by atoms with Crippen molar-refractivity contribution in [2.24, 2.45) is 9.98 Å². The summed E-state index contributed by atoms with van der Waals surface area (Å²) in [7, 11) is 0. The molecule has 2 atom stereocenters. The number of thioether (sulfide) groups is 4. The van der Waals surface area contributed by atoms with E-state index in [9.17, 15) is 9.59 Å². The fraction of sp³-hybridized carbons (Fsp3) is 0.833. The van der Waals surface area contributed by atoms with Crippen LogP contribution in [-0.2, 0) is 9.59 Å². The molecule has 1 heterocycles. The first kappa shape index (κ1) is 18.2. The molecular weight excluding hydrogens is 332 g/mol. The fourth-order valence-electron chi connectivity index (χ4n) is 1.62. The highest BCUT2D eigenvalue weighted by molar-refractivity contribution is 8.07. The molecule has 112 valence electrons. The van der Waals surface area contributed by atoms with Crippen LogP contribution in [-0.4, -0.2) is 57.4 Å². The van der Waals surface area contributed by atoms with Gasteiger partial charge in [0.2, 0.25) is 12.2 Å². The van der Waals surface area contributed by atoms with E-state index >= 15 is 0 Å². The van der Waals surface area contributed by atoms with Gasteiger partial charge in [0.05, 0.1) is 11.8 Å². The zero-order valence-corrected chi connectivity index (χ0v) is 14.4. The molecule has 4 nitrogen and oxygen atoms in total. The summed E-state index contributed by atoms with van der Waals surface area (Å²) < 4.78 is 0. The van der Waals surface area contributed by atoms with Gasteiger partial charge >= 0.3 is 0 Å². The summed E-state index contributed by atoms with van der Waals surface area (Å²) in [5.41, 5.74) is 0. The Labute approximate surface area is 136 Å². The van der Waals surface area contributed by atoms with E-state index in [4.69, 9.17) is 0 Å². The van der Waals surface area contributed by atoms with Crippen LogP contribution in [0.2, 0.25) is 0 Å². The Hall–Kier alpha value is 0.160. The summed E-state index contributed by atoms with van der Waals surface area (Å²) in [5.74, 6) is 5.63. The van der Waals surface area contributed by atoms with Gasteiger partial charge < -0.3 is 0 Å². The molecule has 0 radical (unpaired) electrons. The SMILES string of the molecule is O=C=NCSCCC1CSC(CCSCN=C=O)CS1. The molecule has 20 heavy (non-hydrogen) atoms. The molecule has 1 aliphatic heterocycles. The summed E-state index contributed by atoms with van der Waals surface area (Å²) in [4.78, 5) is 26.9. The third kappa shape index (κ3) is 9.16. The van der Waals surface area contributed by atoms with E-state index in [1.165, 1.54) is 24.3 Å². The van der Waals surface area contributed by atoms with E-state index in [2.05, 4.69) is 33.5 Å². The van der Waals surface area contributed by atoms with Crippen molar-refractivity contribution in [2.75, 3.05) is 34.8 Å².